The molecule has 1 nitrogen and oxygen atoms in total. The molecule has 0 bridgehead atoms. The SMILES string of the molecule is Bc1c(B)c2c3c(B)c(C(C)(C)C)c(B)c(B)c3n3c4c(B)c(B)c(C)c(C)c4c(c1C)c23. The summed E-state index contributed by atoms with van der Waals surface area (Å²) in [4.78, 5) is 0. The topological polar surface area (TPSA) is 4.41 Å². The lowest BCUT2D eigenvalue weighted by atomic mass is 9.64. The Morgan fingerprint density at radius 1 is 0.455 bits per heavy atom. The Morgan fingerprint density at radius 2 is 0.909 bits per heavy atom. The van der Waals surface area contributed by atoms with Crippen LogP contribution < -0.4 is 38.2 Å². The Labute approximate surface area is 204 Å². The van der Waals surface area contributed by atoms with Crippen molar-refractivity contribution < 1.29 is 0 Å². The van der Waals surface area contributed by atoms with Crippen molar-refractivity contribution in [3.63, 3.8) is 0 Å². The fraction of sp³-hybridized carbons (Fsp3) is 0.280. The number of hydrogen-bond acceptors (Lipinski definition) is 0. The molecule has 0 saturated heterocycles. The van der Waals surface area contributed by atoms with Crippen molar-refractivity contribution in [1.29, 1.82) is 0 Å². The van der Waals surface area contributed by atoms with E-state index in [1.165, 1.54) is 98.6 Å². The minimum atomic E-state index is 0.111. The highest BCUT2D eigenvalue weighted by Gasteiger charge is 2.29. The maximum Gasteiger partial charge on any atom is 0.141 e. The molecule has 0 radical (unpaired) electrons. The van der Waals surface area contributed by atoms with Crippen molar-refractivity contribution in [1.82, 2.24) is 4.40 Å². The Morgan fingerprint density at radius 3 is 1.48 bits per heavy atom. The highest BCUT2D eigenvalue weighted by molar-refractivity contribution is 6.63. The zero-order chi connectivity index (χ0) is 24.5. The van der Waals surface area contributed by atoms with Crippen molar-refractivity contribution >= 4 is 131 Å². The molecule has 5 rings (SSSR count). The number of fused-ring (bicyclic) bond motifs is 6. The zero-order valence-corrected chi connectivity index (χ0v) is 22.9. The summed E-state index contributed by atoms with van der Waals surface area (Å²) in [5.74, 6) is 0. The van der Waals surface area contributed by atoms with Crippen LogP contribution in [0.4, 0.5) is 0 Å². The lowest BCUT2D eigenvalue weighted by Crippen LogP contribution is -2.42. The van der Waals surface area contributed by atoms with Gasteiger partial charge in [0.15, 0.2) is 0 Å². The second-order valence-electron chi connectivity index (χ2n) is 11.8. The number of aromatic nitrogens is 1. The molecule has 0 atom stereocenters. The van der Waals surface area contributed by atoms with Crippen LogP contribution in [0.1, 0.15) is 43.0 Å². The van der Waals surface area contributed by atoms with Crippen molar-refractivity contribution in [2.45, 2.75) is 47.0 Å². The van der Waals surface area contributed by atoms with Gasteiger partial charge in [-0.3, -0.25) is 0 Å². The Balaban J connectivity index is 2.32. The molecule has 0 aliphatic carbocycles. The van der Waals surface area contributed by atoms with Gasteiger partial charge in [-0.25, -0.2) is 0 Å². The smallest absolute Gasteiger partial charge is 0.141 e. The maximum atomic E-state index is 2.66. The molecule has 2 aromatic heterocycles. The normalized spacial score (nSPS) is 12.8. The highest BCUT2D eigenvalue weighted by Crippen LogP contribution is 2.39. The van der Waals surface area contributed by atoms with Gasteiger partial charge in [0.25, 0.3) is 0 Å². The number of nitrogens with zero attached hydrogens (tertiary/aromatic N) is 1. The summed E-state index contributed by atoms with van der Waals surface area (Å²) in [6.45, 7) is 14.1. The summed E-state index contributed by atoms with van der Waals surface area (Å²) in [6.07, 6.45) is 0. The average Bonchev–Trinajstić information content (AvgIpc) is 3.25. The fourth-order valence-electron chi connectivity index (χ4n) is 7.03. The standard InChI is InChI=1S/C25H32B7N/c1-7-8(2)15(26)20(31)23-10(7)11-9(3)16(27)18(29)13-12-17(28)14(25(4,5)6)19(30)21(32)24(12)33(23)22(11)13/h26-32H2,1-6H3. The van der Waals surface area contributed by atoms with E-state index >= 15 is 0 Å². The van der Waals surface area contributed by atoms with Gasteiger partial charge in [0, 0.05) is 32.6 Å². The molecule has 0 fully saturated rings. The summed E-state index contributed by atoms with van der Waals surface area (Å²) in [5.41, 5.74) is 20.3. The summed E-state index contributed by atoms with van der Waals surface area (Å²) in [6, 6.07) is 0. The second kappa shape index (κ2) is 6.74. The number of aryl methyl sites for hydroxylation is 2. The molecular formula is C25H32B7N. The van der Waals surface area contributed by atoms with E-state index in [9.17, 15) is 0 Å². The maximum absolute atomic E-state index is 2.66. The molecule has 3 aromatic carbocycles. The first kappa shape index (κ1) is 22.7. The third kappa shape index (κ3) is 2.53. The molecule has 0 aliphatic rings. The highest BCUT2D eigenvalue weighted by atomic mass is 14.9. The van der Waals surface area contributed by atoms with Crippen LogP contribution in [0.15, 0.2) is 0 Å². The zero-order valence-electron chi connectivity index (χ0n) is 22.9. The molecule has 0 spiro atoms. The monoisotopic (exact) mass is 423 g/mol. The Kier molecular flexibility index (Phi) is 4.64. The third-order valence-corrected chi connectivity index (χ3v) is 9.20. The molecule has 158 valence electrons. The first-order valence-electron chi connectivity index (χ1n) is 12.4. The predicted molar refractivity (Wildman–Crippen MR) is 171 cm³/mol. The Hall–Kier alpha value is -2.09. The van der Waals surface area contributed by atoms with Gasteiger partial charge in [0.1, 0.15) is 54.9 Å². The van der Waals surface area contributed by atoms with Gasteiger partial charge in [0.2, 0.25) is 0 Å². The number of rotatable bonds is 0. The summed E-state index contributed by atoms with van der Waals surface area (Å²) in [5, 5.41) is 5.88. The van der Waals surface area contributed by atoms with Crippen LogP contribution in [0.25, 0.3) is 38.1 Å². The van der Waals surface area contributed by atoms with E-state index in [0.717, 1.165) is 0 Å². The van der Waals surface area contributed by atoms with Crippen LogP contribution in [-0.4, -0.2) is 59.3 Å². The second-order valence-corrected chi connectivity index (χ2v) is 11.8. The van der Waals surface area contributed by atoms with Crippen LogP contribution in [0.5, 0.6) is 0 Å². The van der Waals surface area contributed by atoms with Crippen LogP contribution in [0.2, 0.25) is 0 Å². The minimum absolute atomic E-state index is 0.111. The summed E-state index contributed by atoms with van der Waals surface area (Å²) >= 11 is 0. The van der Waals surface area contributed by atoms with Gasteiger partial charge in [-0.05, 0) is 37.3 Å². The molecule has 0 aliphatic heterocycles. The van der Waals surface area contributed by atoms with Gasteiger partial charge in [-0.1, -0.05) is 70.1 Å². The van der Waals surface area contributed by atoms with Crippen LogP contribution in [-0.2, 0) is 5.41 Å². The molecule has 5 aromatic rings. The van der Waals surface area contributed by atoms with Crippen LogP contribution in [0.3, 0.4) is 0 Å². The van der Waals surface area contributed by atoms with Crippen molar-refractivity contribution in [3.05, 3.63) is 22.3 Å². The summed E-state index contributed by atoms with van der Waals surface area (Å²) < 4.78 is 2.66. The average molecular weight is 422 g/mol. The molecule has 0 N–H and O–H groups in total. The van der Waals surface area contributed by atoms with E-state index in [1.54, 1.807) is 0 Å². The quantitative estimate of drug-likeness (QED) is 0.220. The van der Waals surface area contributed by atoms with Gasteiger partial charge < -0.3 is 4.40 Å². The first-order chi connectivity index (χ1) is 15.2. The van der Waals surface area contributed by atoms with E-state index in [-0.39, 0.29) is 5.41 Å². The largest absolute Gasteiger partial charge is 0.309 e. The van der Waals surface area contributed by atoms with E-state index in [2.05, 4.69) is 101 Å². The van der Waals surface area contributed by atoms with Gasteiger partial charge >= 0.3 is 0 Å². The molecule has 0 saturated carbocycles. The van der Waals surface area contributed by atoms with E-state index < -0.39 is 0 Å². The lowest BCUT2D eigenvalue weighted by Gasteiger charge is -2.28. The molecule has 8 heteroatoms. The molecule has 0 unspecified atom stereocenters. The van der Waals surface area contributed by atoms with Crippen LogP contribution in [0, 0.1) is 20.8 Å². The predicted octanol–water partition coefficient (Wildman–Crippen LogP) is -5.13. The summed E-state index contributed by atoms with van der Waals surface area (Å²) in [7, 11) is 16.4. The lowest BCUT2D eigenvalue weighted by molar-refractivity contribution is 0.599. The molecule has 33 heavy (non-hydrogen) atoms. The minimum Gasteiger partial charge on any atom is -0.309 e. The van der Waals surface area contributed by atoms with E-state index in [4.69, 9.17) is 0 Å². The first-order valence-corrected chi connectivity index (χ1v) is 12.4. The van der Waals surface area contributed by atoms with Crippen molar-refractivity contribution in [3.8, 4) is 0 Å². The number of hydrogen-bond donors (Lipinski definition) is 0. The van der Waals surface area contributed by atoms with Crippen molar-refractivity contribution in [2.24, 2.45) is 0 Å². The van der Waals surface area contributed by atoms with E-state index in [0.29, 0.717) is 0 Å². The third-order valence-electron chi connectivity index (χ3n) is 9.20. The van der Waals surface area contributed by atoms with E-state index in [1.807, 2.05) is 0 Å². The molecular weight excluding hydrogens is 390 g/mol. The van der Waals surface area contributed by atoms with Gasteiger partial charge in [-0.15, -0.1) is 0 Å². The van der Waals surface area contributed by atoms with Crippen LogP contribution >= 0.6 is 0 Å². The van der Waals surface area contributed by atoms with Crippen molar-refractivity contribution in [2.75, 3.05) is 0 Å². The molecule has 2 heterocycles. The van der Waals surface area contributed by atoms with Gasteiger partial charge in [0.05, 0.1) is 5.52 Å². The number of benzene rings is 3. The molecule has 0 amide bonds. The fourth-order valence-corrected chi connectivity index (χ4v) is 7.03. The Bertz CT molecular complexity index is 1690. The van der Waals surface area contributed by atoms with Gasteiger partial charge in [-0.2, -0.15) is 0 Å².